The maximum atomic E-state index is 12.5. The molecule has 1 fully saturated rings. The Hall–Kier alpha value is -2.34. The minimum atomic E-state index is -0.261. The lowest BCUT2D eigenvalue weighted by Gasteiger charge is -2.13. The summed E-state index contributed by atoms with van der Waals surface area (Å²) < 4.78 is 0. The number of halogens is 1. The molecule has 22 heavy (non-hydrogen) atoms. The first-order chi connectivity index (χ1) is 10.6. The lowest BCUT2D eigenvalue weighted by molar-refractivity contribution is 0.102. The molecule has 2 heterocycles. The predicted molar refractivity (Wildman–Crippen MR) is 87.2 cm³/mol. The van der Waals surface area contributed by atoms with Gasteiger partial charge in [-0.15, -0.1) is 0 Å². The molecule has 0 spiro atoms. The van der Waals surface area contributed by atoms with Gasteiger partial charge in [-0.25, -0.2) is 9.97 Å². The largest absolute Gasteiger partial charge is 0.396 e. The van der Waals surface area contributed by atoms with Crippen molar-refractivity contribution < 1.29 is 4.79 Å². The van der Waals surface area contributed by atoms with Crippen LogP contribution in [0.5, 0.6) is 0 Å². The van der Waals surface area contributed by atoms with Crippen molar-refractivity contribution >= 4 is 34.7 Å². The molecule has 0 atom stereocenters. The van der Waals surface area contributed by atoms with Gasteiger partial charge in [0.15, 0.2) is 5.15 Å². The van der Waals surface area contributed by atoms with E-state index in [4.69, 9.17) is 17.3 Å². The summed E-state index contributed by atoms with van der Waals surface area (Å²) in [6.07, 6.45) is 5.37. The van der Waals surface area contributed by atoms with Crippen LogP contribution >= 0.6 is 11.6 Å². The molecular formula is C15H16ClN5O. The number of carbonyl (C=O) groups excluding carboxylic acids is 1. The summed E-state index contributed by atoms with van der Waals surface area (Å²) in [5.74, 6) is 0.331. The van der Waals surface area contributed by atoms with Gasteiger partial charge in [0, 0.05) is 17.8 Å². The zero-order chi connectivity index (χ0) is 15.7. The molecule has 1 saturated carbocycles. The Morgan fingerprint density at radius 3 is 2.91 bits per heavy atom. The number of hydrogen-bond acceptors (Lipinski definition) is 5. The summed E-state index contributed by atoms with van der Waals surface area (Å²) >= 11 is 5.86. The van der Waals surface area contributed by atoms with Crippen molar-refractivity contribution in [2.75, 3.05) is 16.4 Å². The van der Waals surface area contributed by atoms with Crippen LogP contribution in [0, 0.1) is 6.92 Å². The molecule has 2 aromatic rings. The van der Waals surface area contributed by atoms with Crippen molar-refractivity contribution in [1.82, 2.24) is 9.97 Å². The second-order valence-corrected chi connectivity index (χ2v) is 5.63. The third-order valence-electron chi connectivity index (χ3n) is 3.56. The number of anilines is 3. The van der Waals surface area contributed by atoms with E-state index in [1.807, 2.05) is 0 Å². The Balaban J connectivity index is 1.84. The van der Waals surface area contributed by atoms with Crippen LogP contribution in [0.4, 0.5) is 17.2 Å². The highest BCUT2D eigenvalue weighted by Gasteiger charge is 2.24. The third kappa shape index (κ3) is 2.96. The Kier molecular flexibility index (Phi) is 3.85. The molecule has 0 saturated heterocycles. The number of nitrogens with one attached hydrogen (secondary N) is 2. The maximum Gasteiger partial charge on any atom is 0.259 e. The predicted octanol–water partition coefficient (Wildman–Crippen LogP) is 2.85. The Morgan fingerprint density at radius 2 is 2.18 bits per heavy atom. The normalized spacial score (nSPS) is 13.7. The smallest absolute Gasteiger partial charge is 0.259 e. The van der Waals surface area contributed by atoms with Gasteiger partial charge in [-0.1, -0.05) is 11.6 Å². The SMILES string of the molecule is Cc1c(NC(=O)c2cccnc2NC2CC2)cnc(Cl)c1N. The fourth-order valence-corrected chi connectivity index (χ4v) is 2.22. The molecule has 2 aromatic heterocycles. The van der Waals surface area contributed by atoms with Gasteiger partial charge < -0.3 is 16.4 Å². The molecule has 1 aliphatic carbocycles. The summed E-state index contributed by atoms with van der Waals surface area (Å²) in [6, 6.07) is 3.87. The Morgan fingerprint density at radius 1 is 1.41 bits per heavy atom. The van der Waals surface area contributed by atoms with Gasteiger partial charge in [0.25, 0.3) is 5.91 Å². The molecule has 1 amide bonds. The van der Waals surface area contributed by atoms with E-state index in [9.17, 15) is 4.79 Å². The van der Waals surface area contributed by atoms with Crippen LogP contribution in [0.15, 0.2) is 24.5 Å². The number of amides is 1. The Labute approximate surface area is 133 Å². The molecule has 3 rings (SSSR count). The highest BCUT2D eigenvalue weighted by molar-refractivity contribution is 6.32. The molecular weight excluding hydrogens is 302 g/mol. The second kappa shape index (κ2) is 5.81. The van der Waals surface area contributed by atoms with E-state index in [2.05, 4.69) is 20.6 Å². The van der Waals surface area contributed by atoms with Gasteiger partial charge in [0.2, 0.25) is 0 Å². The van der Waals surface area contributed by atoms with Gasteiger partial charge in [-0.05, 0) is 31.9 Å². The summed E-state index contributed by atoms with van der Waals surface area (Å²) in [7, 11) is 0. The van der Waals surface area contributed by atoms with E-state index in [0.717, 1.165) is 12.8 Å². The number of nitrogen functional groups attached to an aromatic ring is 1. The van der Waals surface area contributed by atoms with Crippen LogP contribution in [-0.2, 0) is 0 Å². The topological polar surface area (TPSA) is 92.9 Å². The minimum absolute atomic E-state index is 0.230. The standard InChI is InChI=1S/C15H16ClN5O/c1-8-11(7-19-13(16)12(8)17)21-15(22)10-3-2-6-18-14(10)20-9-4-5-9/h2-3,6-7,9H,4-5,17H2,1H3,(H,18,20)(H,21,22). The van der Waals surface area contributed by atoms with Crippen LogP contribution in [0.2, 0.25) is 5.15 Å². The first-order valence-electron chi connectivity index (χ1n) is 6.99. The highest BCUT2D eigenvalue weighted by atomic mass is 35.5. The summed E-state index contributed by atoms with van der Waals surface area (Å²) in [6.45, 7) is 1.78. The molecule has 6 nitrogen and oxygen atoms in total. The van der Waals surface area contributed by atoms with Crippen LogP contribution in [0.1, 0.15) is 28.8 Å². The average Bonchev–Trinajstić information content (AvgIpc) is 3.32. The van der Waals surface area contributed by atoms with Crippen LogP contribution < -0.4 is 16.4 Å². The second-order valence-electron chi connectivity index (χ2n) is 5.27. The van der Waals surface area contributed by atoms with Gasteiger partial charge in [0.1, 0.15) is 5.82 Å². The summed E-state index contributed by atoms with van der Waals surface area (Å²) in [5, 5.41) is 6.29. The van der Waals surface area contributed by atoms with E-state index in [0.29, 0.717) is 34.4 Å². The van der Waals surface area contributed by atoms with Crippen molar-refractivity contribution in [2.45, 2.75) is 25.8 Å². The summed E-state index contributed by atoms with van der Waals surface area (Å²) in [4.78, 5) is 20.7. The third-order valence-corrected chi connectivity index (χ3v) is 3.86. The molecule has 1 aliphatic rings. The van der Waals surface area contributed by atoms with Crippen molar-refractivity contribution in [3.63, 3.8) is 0 Å². The van der Waals surface area contributed by atoms with Crippen molar-refractivity contribution in [3.05, 3.63) is 40.8 Å². The van der Waals surface area contributed by atoms with Crippen LogP contribution in [0.25, 0.3) is 0 Å². The van der Waals surface area contributed by atoms with E-state index in [-0.39, 0.29) is 11.1 Å². The number of aromatic nitrogens is 2. The van der Waals surface area contributed by atoms with Crippen LogP contribution in [-0.4, -0.2) is 21.9 Å². The number of rotatable bonds is 4. The average molecular weight is 318 g/mol. The number of nitrogens with zero attached hydrogens (tertiary/aromatic N) is 2. The lowest BCUT2D eigenvalue weighted by Crippen LogP contribution is -2.17. The van der Waals surface area contributed by atoms with Gasteiger partial charge in [0.05, 0.1) is 23.1 Å². The Bertz CT molecular complexity index is 730. The molecule has 0 aromatic carbocycles. The first kappa shape index (κ1) is 14.6. The molecule has 0 radical (unpaired) electrons. The zero-order valence-electron chi connectivity index (χ0n) is 12.1. The molecule has 7 heteroatoms. The lowest BCUT2D eigenvalue weighted by atomic mass is 10.2. The monoisotopic (exact) mass is 317 g/mol. The number of carbonyl (C=O) groups is 1. The molecule has 0 aliphatic heterocycles. The zero-order valence-corrected chi connectivity index (χ0v) is 12.8. The fraction of sp³-hybridized carbons (Fsp3) is 0.267. The van der Waals surface area contributed by atoms with Crippen molar-refractivity contribution in [2.24, 2.45) is 0 Å². The van der Waals surface area contributed by atoms with E-state index in [1.54, 1.807) is 25.3 Å². The molecule has 4 N–H and O–H groups in total. The van der Waals surface area contributed by atoms with Crippen LogP contribution in [0.3, 0.4) is 0 Å². The molecule has 0 bridgehead atoms. The van der Waals surface area contributed by atoms with E-state index >= 15 is 0 Å². The summed E-state index contributed by atoms with van der Waals surface area (Å²) in [5.41, 5.74) is 7.91. The number of hydrogen-bond donors (Lipinski definition) is 3. The van der Waals surface area contributed by atoms with E-state index < -0.39 is 0 Å². The number of pyridine rings is 2. The maximum absolute atomic E-state index is 12.5. The molecule has 114 valence electrons. The van der Waals surface area contributed by atoms with Crippen molar-refractivity contribution in [1.29, 1.82) is 0 Å². The van der Waals surface area contributed by atoms with Gasteiger partial charge >= 0.3 is 0 Å². The van der Waals surface area contributed by atoms with Gasteiger partial charge in [-0.3, -0.25) is 4.79 Å². The molecule has 0 unspecified atom stereocenters. The first-order valence-corrected chi connectivity index (χ1v) is 7.37. The minimum Gasteiger partial charge on any atom is -0.396 e. The van der Waals surface area contributed by atoms with Crippen molar-refractivity contribution in [3.8, 4) is 0 Å². The highest BCUT2D eigenvalue weighted by Crippen LogP contribution is 2.28. The van der Waals surface area contributed by atoms with E-state index in [1.165, 1.54) is 6.20 Å². The quantitative estimate of drug-likeness (QED) is 0.754. The number of nitrogens with two attached hydrogens (primary N) is 1. The van der Waals surface area contributed by atoms with Gasteiger partial charge in [-0.2, -0.15) is 0 Å². The fourth-order valence-electron chi connectivity index (χ4n) is 2.03.